The molecule has 0 aliphatic heterocycles. The van der Waals surface area contributed by atoms with E-state index >= 15 is 0 Å². The number of hydrogen-bond donors (Lipinski definition) is 2. The summed E-state index contributed by atoms with van der Waals surface area (Å²) < 4.78 is 0. The van der Waals surface area contributed by atoms with Crippen LogP contribution >= 0.6 is 0 Å². The number of carbonyl (C=O) groups excluding carboxylic acids is 1. The number of pyridine rings is 2. The molecule has 0 bridgehead atoms. The van der Waals surface area contributed by atoms with Crippen molar-refractivity contribution in [3.05, 3.63) is 105 Å². The van der Waals surface area contributed by atoms with Crippen molar-refractivity contribution in [1.29, 1.82) is 0 Å². The van der Waals surface area contributed by atoms with Crippen molar-refractivity contribution in [2.24, 2.45) is 0 Å². The first kappa shape index (κ1) is 19.3. The molecule has 0 aliphatic rings. The van der Waals surface area contributed by atoms with Crippen LogP contribution in [0.5, 0.6) is 0 Å². The maximum Gasteiger partial charge on any atom is 0.255 e. The van der Waals surface area contributed by atoms with Gasteiger partial charge in [0.15, 0.2) is 0 Å². The molecule has 148 valence electrons. The number of nitrogens with zero attached hydrogens (tertiary/aromatic N) is 1. The van der Waals surface area contributed by atoms with Gasteiger partial charge in [-0.15, -0.1) is 0 Å². The molecule has 0 saturated carbocycles. The normalized spacial score (nSPS) is 11.1. The van der Waals surface area contributed by atoms with E-state index in [0.717, 1.165) is 33.3 Å². The SMILES string of the molecule is Cc1cccc(NC(=O)c2ccc(C)c(/C=C/c3cnc4[nH]c(=O)ccc4c3)c2)c1. The first-order valence-electron chi connectivity index (χ1n) is 9.64. The van der Waals surface area contributed by atoms with E-state index in [1.54, 1.807) is 12.3 Å². The second-order valence-electron chi connectivity index (χ2n) is 7.26. The molecule has 0 radical (unpaired) electrons. The minimum atomic E-state index is -0.172. The van der Waals surface area contributed by atoms with Crippen molar-refractivity contribution < 1.29 is 4.79 Å². The first-order chi connectivity index (χ1) is 14.5. The van der Waals surface area contributed by atoms with Crippen LogP contribution in [0.4, 0.5) is 5.69 Å². The van der Waals surface area contributed by atoms with E-state index in [4.69, 9.17) is 0 Å². The van der Waals surface area contributed by atoms with Crippen LogP contribution in [0.25, 0.3) is 23.2 Å². The molecule has 0 fully saturated rings. The summed E-state index contributed by atoms with van der Waals surface area (Å²) in [5.74, 6) is -0.147. The number of H-pyrrole nitrogens is 1. The van der Waals surface area contributed by atoms with Crippen molar-refractivity contribution in [3.63, 3.8) is 0 Å². The van der Waals surface area contributed by atoms with Crippen LogP contribution in [0.2, 0.25) is 0 Å². The molecule has 2 N–H and O–H groups in total. The Morgan fingerprint density at radius 1 is 1.00 bits per heavy atom. The molecule has 4 rings (SSSR count). The zero-order chi connectivity index (χ0) is 21.1. The van der Waals surface area contributed by atoms with Gasteiger partial charge in [-0.05, 0) is 72.5 Å². The standard InChI is InChI=1S/C25H21N3O2/c1-16-4-3-5-22(12-16)27-25(30)21-8-6-17(2)19(14-21)9-7-18-13-20-10-11-23(29)28-24(20)26-15-18/h3-15H,1-2H3,(H,27,30)(H,26,28,29)/b9-7+. The molecule has 2 aromatic heterocycles. The molecule has 2 aromatic carbocycles. The largest absolute Gasteiger partial charge is 0.322 e. The van der Waals surface area contributed by atoms with Crippen LogP contribution in [0, 0.1) is 13.8 Å². The van der Waals surface area contributed by atoms with Gasteiger partial charge in [0, 0.05) is 28.9 Å². The van der Waals surface area contributed by atoms with Crippen LogP contribution in [-0.2, 0) is 0 Å². The number of carbonyl (C=O) groups is 1. The highest BCUT2D eigenvalue weighted by molar-refractivity contribution is 6.04. The fraction of sp³-hybridized carbons (Fsp3) is 0.0800. The molecular weight excluding hydrogens is 374 g/mol. The number of aromatic nitrogens is 2. The average molecular weight is 395 g/mol. The summed E-state index contributed by atoms with van der Waals surface area (Å²) in [6.07, 6.45) is 5.62. The Labute approximate surface area is 174 Å². The van der Waals surface area contributed by atoms with Crippen molar-refractivity contribution in [2.45, 2.75) is 13.8 Å². The van der Waals surface area contributed by atoms with E-state index in [1.807, 2.05) is 74.5 Å². The Morgan fingerprint density at radius 2 is 1.87 bits per heavy atom. The summed E-state index contributed by atoms with van der Waals surface area (Å²) in [7, 11) is 0. The second-order valence-corrected chi connectivity index (χ2v) is 7.26. The molecule has 0 atom stereocenters. The van der Waals surface area contributed by atoms with E-state index in [2.05, 4.69) is 15.3 Å². The van der Waals surface area contributed by atoms with E-state index < -0.39 is 0 Å². The van der Waals surface area contributed by atoms with Gasteiger partial charge in [-0.25, -0.2) is 4.98 Å². The van der Waals surface area contributed by atoms with Gasteiger partial charge < -0.3 is 10.3 Å². The van der Waals surface area contributed by atoms with Gasteiger partial charge in [-0.2, -0.15) is 0 Å². The van der Waals surface area contributed by atoms with Gasteiger partial charge >= 0.3 is 0 Å². The summed E-state index contributed by atoms with van der Waals surface area (Å²) in [5.41, 5.74) is 5.77. The van der Waals surface area contributed by atoms with E-state index in [1.165, 1.54) is 6.07 Å². The molecule has 0 saturated heterocycles. The molecule has 30 heavy (non-hydrogen) atoms. The average Bonchev–Trinajstić information content (AvgIpc) is 2.73. The molecule has 1 amide bonds. The maximum absolute atomic E-state index is 12.7. The Hall–Kier alpha value is -3.99. The quantitative estimate of drug-likeness (QED) is 0.513. The molecule has 0 aliphatic carbocycles. The highest BCUT2D eigenvalue weighted by Gasteiger charge is 2.08. The molecule has 5 heteroatoms. The first-order valence-corrected chi connectivity index (χ1v) is 9.64. The van der Waals surface area contributed by atoms with Crippen LogP contribution in [0.15, 0.2) is 71.7 Å². The lowest BCUT2D eigenvalue weighted by Crippen LogP contribution is -2.12. The minimum Gasteiger partial charge on any atom is -0.322 e. The number of aromatic amines is 1. The maximum atomic E-state index is 12.7. The Bertz CT molecular complexity index is 1340. The number of anilines is 1. The van der Waals surface area contributed by atoms with Crippen LogP contribution in [-0.4, -0.2) is 15.9 Å². The lowest BCUT2D eigenvalue weighted by molar-refractivity contribution is 0.102. The van der Waals surface area contributed by atoms with Crippen LogP contribution in [0.1, 0.15) is 32.6 Å². The minimum absolute atomic E-state index is 0.147. The smallest absolute Gasteiger partial charge is 0.255 e. The van der Waals surface area contributed by atoms with E-state index in [-0.39, 0.29) is 11.5 Å². The summed E-state index contributed by atoms with van der Waals surface area (Å²) in [5, 5.41) is 3.80. The zero-order valence-electron chi connectivity index (χ0n) is 16.8. The molecule has 4 aromatic rings. The Kier molecular flexibility index (Phi) is 5.26. The highest BCUT2D eigenvalue weighted by atomic mass is 16.1. The Balaban J connectivity index is 1.58. The third kappa shape index (κ3) is 4.36. The van der Waals surface area contributed by atoms with Gasteiger partial charge in [-0.3, -0.25) is 9.59 Å². The topological polar surface area (TPSA) is 74.8 Å². The number of benzene rings is 2. The van der Waals surface area contributed by atoms with Gasteiger partial charge in [0.1, 0.15) is 5.65 Å². The van der Waals surface area contributed by atoms with Crippen molar-refractivity contribution in [2.75, 3.05) is 5.32 Å². The number of nitrogens with one attached hydrogen (secondary N) is 2. The zero-order valence-corrected chi connectivity index (χ0v) is 16.8. The number of rotatable bonds is 4. The lowest BCUT2D eigenvalue weighted by atomic mass is 10.0. The predicted octanol–water partition coefficient (Wildman–Crippen LogP) is 4.96. The molecule has 5 nitrogen and oxygen atoms in total. The number of amides is 1. The second kappa shape index (κ2) is 8.17. The fourth-order valence-corrected chi connectivity index (χ4v) is 3.22. The summed E-state index contributed by atoms with van der Waals surface area (Å²) in [4.78, 5) is 31.1. The van der Waals surface area contributed by atoms with Crippen molar-refractivity contribution in [3.8, 4) is 0 Å². The molecule has 0 spiro atoms. The summed E-state index contributed by atoms with van der Waals surface area (Å²) in [6.45, 7) is 4.00. The highest BCUT2D eigenvalue weighted by Crippen LogP contribution is 2.18. The monoisotopic (exact) mass is 395 g/mol. The van der Waals surface area contributed by atoms with Gasteiger partial charge in [-0.1, -0.05) is 30.4 Å². The van der Waals surface area contributed by atoms with E-state index in [9.17, 15) is 9.59 Å². The van der Waals surface area contributed by atoms with E-state index in [0.29, 0.717) is 11.2 Å². The predicted molar refractivity (Wildman–Crippen MR) is 122 cm³/mol. The third-order valence-electron chi connectivity index (χ3n) is 4.87. The lowest BCUT2D eigenvalue weighted by Gasteiger charge is -2.08. The van der Waals surface area contributed by atoms with Gasteiger partial charge in [0.2, 0.25) is 5.56 Å². The third-order valence-corrected chi connectivity index (χ3v) is 4.87. The molecule has 2 heterocycles. The Morgan fingerprint density at radius 3 is 2.70 bits per heavy atom. The van der Waals surface area contributed by atoms with Crippen molar-refractivity contribution in [1.82, 2.24) is 9.97 Å². The molecule has 0 unspecified atom stereocenters. The number of aryl methyl sites for hydroxylation is 2. The van der Waals surface area contributed by atoms with Gasteiger partial charge in [0.05, 0.1) is 0 Å². The van der Waals surface area contributed by atoms with Crippen molar-refractivity contribution >= 4 is 34.8 Å². The van der Waals surface area contributed by atoms with Crippen LogP contribution in [0.3, 0.4) is 0 Å². The summed E-state index contributed by atoms with van der Waals surface area (Å²) >= 11 is 0. The van der Waals surface area contributed by atoms with Gasteiger partial charge in [0.25, 0.3) is 5.91 Å². The molecular formula is C25H21N3O2. The number of fused-ring (bicyclic) bond motifs is 1. The number of hydrogen-bond acceptors (Lipinski definition) is 3. The van der Waals surface area contributed by atoms with Crippen LogP contribution < -0.4 is 10.9 Å². The fourth-order valence-electron chi connectivity index (χ4n) is 3.22. The summed E-state index contributed by atoms with van der Waals surface area (Å²) in [6, 6.07) is 18.6.